The highest BCUT2D eigenvalue weighted by atomic mass is 19.4. The lowest BCUT2D eigenvalue weighted by Gasteiger charge is -2.13. The van der Waals surface area contributed by atoms with Gasteiger partial charge in [0.25, 0.3) is 5.91 Å². The summed E-state index contributed by atoms with van der Waals surface area (Å²) in [6.07, 6.45) is -1.70. The Morgan fingerprint density at radius 3 is 2.56 bits per heavy atom. The fourth-order valence-electron chi connectivity index (χ4n) is 3.29. The molecular formula is C24H20F3N5O4. The number of alkyl halides is 3. The average Bonchev–Trinajstić information content (AvgIpc) is 3.10. The zero-order chi connectivity index (χ0) is 26.7. The van der Waals surface area contributed by atoms with Gasteiger partial charge in [-0.1, -0.05) is 36.6 Å². The number of fused-ring (bicyclic) bond motifs is 1. The van der Waals surface area contributed by atoms with Crippen LogP contribution < -0.4 is 5.73 Å². The molecule has 3 aromatic rings. The second kappa shape index (κ2) is 10.0. The number of carboxylic acids is 1. The molecule has 0 radical (unpaired) electrons. The summed E-state index contributed by atoms with van der Waals surface area (Å²) in [7, 11) is 1.65. The Balaban J connectivity index is 0.000000454. The summed E-state index contributed by atoms with van der Waals surface area (Å²) in [5.74, 6) is 2.82. The van der Waals surface area contributed by atoms with Crippen LogP contribution in [0.15, 0.2) is 43.2 Å². The minimum atomic E-state index is -5.08. The van der Waals surface area contributed by atoms with Gasteiger partial charge in [-0.2, -0.15) is 13.2 Å². The fourth-order valence-corrected chi connectivity index (χ4v) is 3.29. The molecule has 3 heterocycles. The summed E-state index contributed by atoms with van der Waals surface area (Å²) in [4.78, 5) is 35.3. The van der Waals surface area contributed by atoms with E-state index in [1.807, 2.05) is 30.3 Å². The van der Waals surface area contributed by atoms with Crippen molar-refractivity contribution in [1.29, 1.82) is 0 Å². The normalized spacial score (nSPS) is 17.1. The Hall–Kier alpha value is -4.50. The first kappa shape index (κ1) is 26.1. The van der Waals surface area contributed by atoms with Gasteiger partial charge in [0.05, 0.1) is 5.69 Å². The van der Waals surface area contributed by atoms with Crippen molar-refractivity contribution >= 4 is 34.8 Å². The first-order valence-corrected chi connectivity index (χ1v) is 10.3. The van der Waals surface area contributed by atoms with Gasteiger partial charge in [-0.15, -0.1) is 0 Å². The second-order valence-corrected chi connectivity index (χ2v) is 7.73. The number of halogens is 3. The van der Waals surface area contributed by atoms with Crippen LogP contribution in [0.5, 0.6) is 0 Å². The molecule has 0 saturated carbocycles. The zero-order valence-corrected chi connectivity index (χ0v) is 18.9. The fraction of sp³-hybridized carbons (Fsp3) is 0.208. The number of aromatic nitrogens is 3. The molecule has 186 valence electrons. The van der Waals surface area contributed by atoms with Crippen LogP contribution in [-0.2, 0) is 9.59 Å². The predicted octanol–water partition coefficient (Wildman–Crippen LogP) is 2.50. The van der Waals surface area contributed by atoms with Crippen molar-refractivity contribution < 1.29 is 33.0 Å². The van der Waals surface area contributed by atoms with E-state index >= 15 is 0 Å². The second-order valence-electron chi connectivity index (χ2n) is 7.73. The Bertz CT molecular complexity index is 1410. The molecule has 36 heavy (non-hydrogen) atoms. The van der Waals surface area contributed by atoms with Gasteiger partial charge in [0, 0.05) is 36.7 Å². The number of aliphatic hydroxyl groups is 1. The Morgan fingerprint density at radius 2 is 1.97 bits per heavy atom. The van der Waals surface area contributed by atoms with E-state index < -0.39 is 17.7 Å². The number of hydrogen-bond acceptors (Lipinski definition) is 7. The maximum Gasteiger partial charge on any atom is 0.490 e. The van der Waals surface area contributed by atoms with E-state index in [0.717, 1.165) is 11.1 Å². The summed E-state index contributed by atoms with van der Waals surface area (Å²) in [5, 5.41) is 17.6. The molecule has 0 spiro atoms. The van der Waals surface area contributed by atoms with Crippen molar-refractivity contribution in [2.75, 3.05) is 19.3 Å². The Kier molecular flexibility index (Phi) is 7.26. The largest absolute Gasteiger partial charge is 0.490 e. The van der Waals surface area contributed by atoms with Crippen LogP contribution >= 0.6 is 0 Å². The third kappa shape index (κ3) is 5.59. The lowest BCUT2D eigenvalue weighted by molar-refractivity contribution is -0.192. The van der Waals surface area contributed by atoms with Crippen molar-refractivity contribution in [2.45, 2.75) is 18.2 Å². The first-order chi connectivity index (χ1) is 16.9. The van der Waals surface area contributed by atoms with Gasteiger partial charge < -0.3 is 20.8 Å². The van der Waals surface area contributed by atoms with Crippen molar-refractivity contribution in [3.63, 3.8) is 0 Å². The number of carbonyl (C=O) groups is 2. The van der Waals surface area contributed by atoms with E-state index in [2.05, 4.69) is 33.4 Å². The van der Waals surface area contributed by atoms with Crippen LogP contribution in [0.4, 0.5) is 19.0 Å². The molecule has 0 unspecified atom stereocenters. The molecule has 1 fully saturated rings. The highest BCUT2D eigenvalue weighted by molar-refractivity contribution is 5.92. The van der Waals surface area contributed by atoms with Crippen LogP contribution in [0, 0.1) is 11.8 Å². The predicted molar refractivity (Wildman–Crippen MR) is 125 cm³/mol. The molecule has 9 nitrogen and oxygen atoms in total. The standard InChI is InChI=1S/C22H19N5O2.C2HF3O2/c1-3-15-12-17(26-19-18(15)24-13-25-20(19)23)16-6-4-5-14(11-16)7-8-22(29)9-10-27(2)21(22)28;3-2(4,5)1(6)7/h3-6,11-13,29H,1,9-10H2,2H3,(H2,23,24,25);(H,6,7)/t22-;/m0./s1. The molecule has 1 aliphatic rings. The molecule has 0 aliphatic carbocycles. The minimum Gasteiger partial charge on any atom is -0.475 e. The number of benzene rings is 1. The van der Waals surface area contributed by atoms with E-state index in [1.54, 1.807) is 13.1 Å². The van der Waals surface area contributed by atoms with Crippen molar-refractivity contribution in [1.82, 2.24) is 19.9 Å². The molecule has 4 rings (SSSR count). The topological polar surface area (TPSA) is 143 Å². The summed E-state index contributed by atoms with van der Waals surface area (Å²) >= 11 is 0. The van der Waals surface area contributed by atoms with Gasteiger partial charge in [-0.3, -0.25) is 4.79 Å². The molecular weight excluding hydrogens is 479 g/mol. The Labute approximate surface area is 203 Å². The molecule has 2 aromatic heterocycles. The summed E-state index contributed by atoms with van der Waals surface area (Å²) in [6.45, 7) is 4.33. The number of rotatable bonds is 2. The third-order valence-electron chi connectivity index (χ3n) is 5.19. The van der Waals surface area contributed by atoms with Crippen LogP contribution in [0.3, 0.4) is 0 Å². The molecule has 1 saturated heterocycles. The number of nitrogens with zero attached hydrogens (tertiary/aromatic N) is 4. The van der Waals surface area contributed by atoms with Crippen molar-refractivity contribution in [2.24, 2.45) is 0 Å². The lowest BCUT2D eigenvalue weighted by atomic mass is 10.0. The number of hydrogen-bond donors (Lipinski definition) is 3. The lowest BCUT2D eigenvalue weighted by Crippen LogP contribution is -2.37. The van der Waals surface area contributed by atoms with Gasteiger partial charge in [0.15, 0.2) is 5.82 Å². The zero-order valence-electron chi connectivity index (χ0n) is 18.9. The number of likely N-dealkylation sites (N-methyl/N-ethyl adjacent to an activating group) is 1. The highest BCUT2D eigenvalue weighted by Crippen LogP contribution is 2.27. The molecule has 0 bridgehead atoms. The van der Waals surface area contributed by atoms with Gasteiger partial charge in [-0.25, -0.2) is 19.7 Å². The number of carboxylic acid groups (broad SMARTS) is 1. The van der Waals surface area contributed by atoms with Crippen LogP contribution in [0.25, 0.3) is 28.4 Å². The van der Waals surface area contributed by atoms with E-state index in [9.17, 15) is 23.1 Å². The van der Waals surface area contributed by atoms with Gasteiger partial charge >= 0.3 is 12.1 Å². The van der Waals surface area contributed by atoms with Gasteiger partial charge in [0.1, 0.15) is 17.4 Å². The molecule has 1 aliphatic heterocycles. The molecule has 1 amide bonds. The van der Waals surface area contributed by atoms with Crippen LogP contribution in [0.2, 0.25) is 0 Å². The SMILES string of the molecule is C=Cc1cc(-c2cccc(C#C[C@]3(O)CCN(C)C3=O)c2)nc2c(N)ncnc12.O=C(O)C(F)(F)F. The van der Waals surface area contributed by atoms with Crippen LogP contribution in [-0.4, -0.2) is 67.3 Å². The molecule has 1 atom stereocenters. The van der Waals surface area contributed by atoms with E-state index in [-0.39, 0.29) is 5.91 Å². The average molecular weight is 499 g/mol. The molecule has 1 aromatic carbocycles. The summed E-state index contributed by atoms with van der Waals surface area (Å²) in [6, 6.07) is 9.28. The van der Waals surface area contributed by atoms with Crippen molar-refractivity contribution in [3.8, 4) is 23.1 Å². The number of carbonyl (C=O) groups excluding carboxylic acids is 1. The number of likely N-dealkylation sites (tertiary alicyclic amines) is 1. The third-order valence-corrected chi connectivity index (χ3v) is 5.19. The monoisotopic (exact) mass is 499 g/mol. The van der Waals surface area contributed by atoms with Gasteiger partial charge in [0.2, 0.25) is 5.60 Å². The number of nitrogen functional groups attached to an aromatic ring is 1. The summed E-state index contributed by atoms with van der Waals surface area (Å²) < 4.78 is 31.7. The first-order valence-electron chi connectivity index (χ1n) is 10.3. The van der Waals surface area contributed by atoms with E-state index in [4.69, 9.17) is 15.6 Å². The van der Waals surface area contributed by atoms with Gasteiger partial charge in [-0.05, 0) is 18.2 Å². The maximum atomic E-state index is 12.1. The number of amides is 1. The number of aliphatic carboxylic acids is 1. The highest BCUT2D eigenvalue weighted by Gasteiger charge is 2.42. The summed E-state index contributed by atoms with van der Waals surface area (Å²) in [5.41, 5.74) is 8.44. The smallest absolute Gasteiger partial charge is 0.475 e. The quantitative estimate of drug-likeness (QED) is 0.457. The van der Waals surface area contributed by atoms with E-state index in [1.165, 1.54) is 11.2 Å². The van der Waals surface area contributed by atoms with Crippen LogP contribution in [0.1, 0.15) is 17.5 Å². The minimum absolute atomic E-state index is 0.294. The van der Waals surface area contributed by atoms with E-state index in [0.29, 0.717) is 41.1 Å². The molecule has 12 heteroatoms. The Morgan fingerprint density at radius 1 is 1.28 bits per heavy atom. The maximum absolute atomic E-state index is 12.1. The van der Waals surface area contributed by atoms with Crippen molar-refractivity contribution in [3.05, 3.63) is 54.4 Å². The molecule has 4 N–H and O–H groups in total. The number of pyridine rings is 1. The number of nitrogens with two attached hydrogens (primary N) is 1. The number of anilines is 1.